The Morgan fingerprint density at radius 3 is 2.26 bits per heavy atom. The molecule has 0 bridgehead atoms. The van der Waals surface area contributed by atoms with Crippen molar-refractivity contribution >= 4 is 5.91 Å². The number of carbonyl (C=O) groups is 1. The number of hydrogen-bond acceptors (Lipinski definition) is 4. The first-order valence-electron chi connectivity index (χ1n) is 7.30. The minimum Gasteiger partial charge on any atom is -0.342 e. The van der Waals surface area contributed by atoms with E-state index in [0.29, 0.717) is 13.0 Å². The number of nitrogens with zero attached hydrogens (tertiary/aromatic N) is 4. The first kappa shape index (κ1) is 15.9. The third-order valence-corrected chi connectivity index (χ3v) is 3.70. The highest BCUT2D eigenvalue weighted by Gasteiger charge is 2.20. The van der Waals surface area contributed by atoms with Gasteiger partial charge in [0.25, 0.3) is 0 Å². The molecule has 0 spiro atoms. The van der Waals surface area contributed by atoms with E-state index in [2.05, 4.69) is 15.9 Å². The molecule has 1 rings (SSSR count). The highest BCUT2D eigenvalue weighted by atomic mass is 16.2. The van der Waals surface area contributed by atoms with Crippen LogP contribution in [0.2, 0.25) is 0 Å². The molecule has 1 heterocycles. The van der Waals surface area contributed by atoms with Crippen molar-refractivity contribution in [3.63, 3.8) is 0 Å². The number of amides is 1. The molecule has 1 saturated heterocycles. The highest BCUT2D eigenvalue weighted by molar-refractivity contribution is 5.78. The van der Waals surface area contributed by atoms with Gasteiger partial charge in [0.2, 0.25) is 5.91 Å². The normalized spacial score (nSPS) is 17.1. The molecule has 1 aliphatic rings. The fraction of sp³-hybridized carbons (Fsp3) is 0.857. The third-order valence-electron chi connectivity index (χ3n) is 3.70. The smallest absolute Gasteiger partial charge is 0.236 e. The van der Waals surface area contributed by atoms with Crippen molar-refractivity contribution in [1.82, 2.24) is 14.7 Å². The number of rotatable bonds is 7. The summed E-state index contributed by atoms with van der Waals surface area (Å²) in [7, 11) is 0. The molecule has 5 nitrogen and oxygen atoms in total. The molecular formula is C14H26N4O. The molecule has 19 heavy (non-hydrogen) atoms. The molecule has 1 fully saturated rings. The van der Waals surface area contributed by atoms with E-state index in [1.54, 1.807) is 0 Å². The van der Waals surface area contributed by atoms with E-state index in [1.165, 1.54) is 0 Å². The summed E-state index contributed by atoms with van der Waals surface area (Å²) >= 11 is 0. The molecule has 0 aromatic rings. The van der Waals surface area contributed by atoms with Crippen LogP contribution in [-0.4, -0.2) is 73.0 Å². The number of carbonyl (C=O) groups excluding carboxylic acids is 1. The van der Waals surface area contributed by atoms with Crippen LogP contribution >= 0.6 is 0 Å². The Kier molecular flexibility index (Phi) is 7.46. The highest BCUT2D eigenvalue weighted by Crippen LogP contribution is 2.04. The van der Waals surface area contributed by atoms with E-state index in [4.69, 9.17) is 5.26 Å². The average Bonchev–Trinajstić information content (AvgIpc) is 2.42. The molecule has 0 unspecified atom stereocenters. The Hall–Kier alpha value is -1.12. The van der Waals surface area contributed by atoms with Crippen molar-refractivity contribution in [2.75, 3.05) is 52.4 Å². The SMILES string of the molecule is CCN(CC)C(=O)CN1CCN(CCCC#N)CC1. The van der Waals surface area contributed by atoms with Crippen molar-refractivity contribution in [2.45, 2.75) is 26.7 Å². The van der Waals surface area contributed by atoms with Crippen LogP contribution in [-0.2, 0) is 4.79 Å². The third kappa shape index (κ3) is 5.58. The largest absolute Gasteiger partial charge is 0.342 e. The van der Waals surface area contributed by atoms with E-state index >= 15 is 0 Å². The maximum Gasteiger partial charge on any atom is 0.236 e. The summed E-state index contributed by atoms with van der Waals surface area (Å²) in [5.74, 6) is 0.239. The number of unbranched alkanes of at least 4 members (excludes halogenated alkanes) is 1. The van der Waals surface area contributed by atoms with Crippen molar-refractivity contribution in [2.24, 2.45) is 0 Å². The lowest BCUT2D eigenvalue weighted by atomic mass is 10.2. The van der Waals surface area contributed by atoms with Crippen molar-refractivity contribution < 1.29 is 4.79 Å². The summed E-state index contributed by atoms with van der Waals surface area (Å²) in [6.45, 7) is 11.1. The second-order valence-electron chi connectivity index (χ2n) is 4.95. The van der Waals surface area contributed by atoms with Gasteiger partial charge in [-0.3, -0.25) is 9.69 Å². The quantitative estimate of drug-likeness (QED) is 0.639. The van der Waals surface area contributed by atoms with Crippen LogP contribution in [0.15, 0.2) is 0 Å². The molecular weight excluding hydrogens is 240 g/mol. The van der Waals surface area contributed by atoms with Crippen LogP contribution in [0.1, 0.15) is 26.7 Å². The summed E-state index contributed by atoms with van der Waals surface area (Å²) in [5, 5.41) is 8.52. The standard InChI is InChI=1S/C14H26N4O/c1-3-18(4-2)14(19)13-17-11-9-16(10-12-17)8-6-5-7-15/h3-6,8-13H2,1-2H3. The van der Waals surface area contributed by atoms with Gasteiger partial charge in [-0.2, -0.15) is 5.26 Å². The van der Waals surface area contributed by atoms with Gasteiger partial charge in [0.15, 0.2) is 0 Å². The topological polar surface area (TPSA) is 50.6 Å². The summed E-state index contributed by atoms with van der Waals surface area (Å²) in [5.41, 5.74) is 0. The Morgan fingerprint density at radius 1 is 1.16 bits per heavy atom. The van der Waals surface area contributed by atoms with Gasteiger partial charge < -0.3 is 9.80 Å². The van der Waals surface area contributed by atoms with Gasteiger partial charge in [-0.1, -0.05) is 0 Å². The second-order valence-corrected chi connectivity index (χ2v) is 4.95. The Morgan fingerprint density at radius 2 is 1.74 bits per heavy atom. The summed E-state index contributed by atoms with van der Waals surface area (Å²) < 4.78 is 0. The summed E-state index contributed by atoms with van der Waals surface area (Å²) in [6.07, 6.45) is 1.59. The molecule has 0 N–H and O–H groups in total. The summed E-state index contributed by atoms with van der Waals surface area (Å²) in [4.78, 5) is 18.5. The van der Waals surface area contributed by atoms with E-state index in [-0.39, 0.29) is 5.91 Å². The molecule has 0 atom stereocenters. The number of likely N-dealkylation sites (N-methyl/N-ethyl adjacent to an activating group) is 1. The van der Waals surface area contributed by atoms with Crippen LogP contribution in [0, 0.1) is 11.3 Å². The maximum absolute atomic E-state index is 12.0. The Labute approximate surface area is 116 Å². The molecule has 0 aromatic heterocycles. The van der Waals surface area contributed by atoms with Crippen LogP contribution in [0.3, 0.4) is 0 Å². The first-order chi connectivity index (χ1) is 9.21. The summed E-state index contributed by atoms with van der Waals surface area (Å²) in [6, 6.07) is 2.18. The van der Waals surface area contributed by atoms with E-state index in [1.807, 2.05) is 18.7 Å². The minimum absolute atomic E-state index is 0.239. The van der Waals surface area contributed by atoms with Gasteiger partial charge in [-0.15, -0.1) is 0 Å². The lowest BCUT2D eigenvalue weighted by Gasteiger charge is -2.35. The number of nitriles is 1. The molecule has 0 saturated carbocycles. The van der Waals surface area contributed by atoms with Gasteiger partial charge in [-0.05, 0) is 26.8 Å². The fourth-order valence-electron chi connectivity index (χ4n) is 2.42. The predicted octanol–water partition coefficient (Wildman–Crippen LogP) is 0.776. The molecule has 0 aliphatic carbocycles. The minimum atomic E-state index is 0.239. The van der Waals surface area contributed by atoms with E-state index < -0.39 is 0 Å². The van der Waals surface area contributed by atoms with Crippen LogP contribution in [0.25, 0.3) is 0 Å². The average molecular weight is 266 g/mol. The van der Waals surface area contributed by atoms with E-state index in [0.717, 1.165) is 52.2 Å². The Balaban J connectivity index is 2.23. The molecule has 5 heteroatoms. The molecule has 0 radical (unpaired) electrons. The fourth-order valence-corrected chi connectivity index (χ4v) is 2.42. The zero-order valence-corrected chi connectivity index (χ0v) is 12.3. The van der Waals surface area contributed by atoms with Gasteiger partial charge >= 0.3 is 0 Å². The van der Waals surface area contributed by atoms with Gasteiger partial charge in [0.1, 0.15) is 0 Å². The van der Waals surface area contributed by atoms with Crippen LogP contribution < -0.4 is 0 Å². The lowest BCUT2D eigenvalue weighted by Crippen LogP contribution is -2.50. The maximum atomic E-state index is 12.0. The van der Waals surface area contributed by atoms with Crippen LogP contribution in [0.5, 0.6) is 0 Å². The van der Waals surface area contributed by atoms with E-state index in [9.17, 15) is 4.79 Å². The zero-order valence-electron chi connectivity index (χ0n) is 12.3. The molecule has 1 aliphatic heterocycles. The number of hydrogen-bond donors (Lipinski definition) is 0. The first-order valence-corrected chi connectivity index (χ1v) is 7.30. The molecule has 108 valence electrons. The monoisotopic (exact) mass is 266 g/mol. The Bertz CT molecular complexity index is 301. The van der Waals surface area contributed by atoms with Crippen molar-refractivity contribution in [3.8, 4) is 6.07 Å². The predicted molar refractivity (Wildman–Crippen MR) is 75.7 cm³/mol. The number of piperazine rings is 1. The second kappa shape index (κ2) is 8.89. The molecule has 1 amide bonds. The van der Waals surface area contributed by atoms with Crippen molar-refractivity contribution in [3.05, 3.63) is 0 Å². The van der Waals surface area contributed by atoms with Crippen LogP contribution in [0.4, 0.5) is 0 Å². The zero-order chi connectivity index (χ0) is 14.1. The van der Waals surface area contributed by atoms with Gasteiger partial charge in [0, 0.05) is 45.7 Å². The lowest BCUT2D eigenvalue weighted by molar-refractivity contribution is -0.132. The molecule has 0 aromatic carbocycles. The van der Waals surface area contributed by atoms with Crippen molar-refractivity contribution in [1.29, 1.82) is 5.26 Å². The van der Waals surface area contributed by atoms with Gasteiger partial charge in [-0.25, -0.2) is 0 Å². The van der Waals surface area contributed by atoms with Gasteiger partial charge in [0.05, 0.1) is 12.6 Å².